The summed E-state index contributed by atoms with van der Waals surface area (Å²) in [5.41, 5.74) is -1.06. The lowest BCUT2D eigenvalue weighted by molar-refractivity contribution is -0.139. The molecule has 0 aliphatic heterocycles. The minimum absolute atomic E-state index is 0.172. The van der Waals surface area contributed by atoms with Gasteiger partial charge in [0.2, 0.25) is 0 Å². The molecule has 0 radical (unpaired) electrons. The van der Waals surface area contributed by atoms with E-state index in [0.29, 0.717) is 12.0 Å². The van der Waals surface area contributed by atoms with E-state index >= 15 is 0 Å². The van der Waals surface area contributed by atoms with E-state index in [0.717, 1.165) is 18.6 Å². The van der Waals surface area contributed by atoms with Crippen molar-refractivity contribution in [2.45, 2.75) is 47.2 Å². The maximum atomic E-state index is 12.9. The molecule has 0 saturated heterocycles. The van der Waals surface area contributed by atoms with Crippen LogP contribution < -0.4 is 4.74 Å². The van der Waals surface area contributed by atoms with Crippen LogP contribution >= 0.6 is 0 Å². The van der Waals surface area contributed by atoms with Gasteiger partial charge in [-0.2, -0.15) is 13.2 Å². The van der Waals surface area contributed by atoms with Crippen LogP contribution in [-0.2, 0) is 6.18 Å². The molecule has 0 aliphatic carbocycles. The first-order valence-electron chi connectivity index (χ1n) is 7.25. The standard InChI is InChI=1S/C14H18F4O.C2H6/c1-4-10(9(2)3)8-19-13-6-5-11(15)7-12(13)14(16,17)18;1-2/h5-7,9-10H,4,8H2,1-3H3;1-2H3. The zero-order valence-electron chi connectivity index (χ0n) is 13.2. The van der Waals surface area contributed by atoms with Crippen LogP contribution in [0.2, 0.25) is 0 Å². The molecule has 0 bridgehead atoms. The van der Waals surface area contributed by atoms with E-state index in [2.05, 4.69) is 0 Å². The molecular formula is C16H24F4O. The lowest BCUT2D eigenvalue weighted by atomic mass is 9.94. The number of alkyl halides is 3. The van der Waals surface area contributed by atoms with Gasteiger partial charge in [0, 0.05) is 0 Å². The quantitative estimate of drug-likeness (QED) is 0.612. The summed E-state index contributed by atoms with van der Waals surface area (Å²) in [6.07, 6.45) is -3.79. The number of rotatable bonds is 5. The fraction of sp³-hybridized carbons (Fsp3) is 0.625. The first-order chi connectivity index (χ1) is 9.75. The Morgan fingerprint density at radius 1 is 1.14 bits per heavy atom. The first-order valence-corrected chi connectivity index (χ1v) is 7.25. The van der Waals surface area contributed by atoms with Crippen molar-refractivity contribution in [1.82, 2.24) is 0 Å². The van der Waals surface area contributed by atoms with E-state index in [1.807, 2.05) is 34.6 Å². The third-order valence-electron chi connectivity index (χ3n) is 3.17. The van der Waals surface area contributed by atoms with Crippen molar-refractivity contribution in [3.63, 3.8) is 0 Å². The van der Waals surface area contributed by atoms with E-state index in [4.69, 9.17) is 4.74 Å². The van der Waals surface area contributed by atoms with E-state index in [9.17, 15) is 17.6 Å². The summed E-state index contributed by atoms with van der Waals surface area (Å²) in [4.78, 5) is 0. The molecule has 0 spiro atoms. The molecule has 1 nitrogen and oxygen atoms in total. The SMILES string of the molecule is CC.CCC(COc1ccc(F)cc1C(F)(F)F)C(C)C. The molecule has 0 heterocycles. The van der Waals surface area contributed by atoms with Crippen molar-refractivity contribution in [3.8, 4) is 5.75 Å². The van der Waals surface area contributed by atoms with Crippen molar-refractivity contribution in [2.24, 2.45) is 11.8 Å². The predicted octanol–water partition coefficient (Wildman–Crippen LogP) is 5.93. The Labute approximate surface area is 124 Å². The molecule has 1 aromatic rings. The van der Waals surface area contributed by atoms with Gasteiger partial charge in [-0.3, -0.25) is 0 Å². The van der Waals surface area contributed by atoms with Crippen molar-refractivity contribution in [2.75, 3.05) is 6.61 Å². The summed E-state index contributed by atoms with van der Waals surface area (Å²) in [6.45, 7) is 10.1. The van der Waals surface area contributed by atoms with Gasteiger partial charge < -0.3 is 4.74 Å². The van der Waals surface area contributed by atoms with Gasteiger partial charge in [-0.25, -0.2) is 4.39 Å². The number of halogens is 4. The summed E-state index contributed by atoms with van der Waals surface area (Å²) >= 11 is 0. The van der Waals surface area contributed by atoms with E-state index in [1.54, 1.807) is 0 Å². The Balaban J connectivity index is 0.00000191. The molecule has 1 aromatic carbocycles. The maximum absolute atomic E-state index is 12.9. The Hall–Kier alpha value is -1.26. The zero-order valence-corrected chi connectivity index (χ0v) is 13.2. The third kappa shape index (κ3) is 6.36. The first kappa shape index (κ1) is 19.7. The molecule has 0 saturated carbocycles. The van der Waals surface area contributed by atoms with Crippen LogP contribution in [0, 0.1) is 17.7 Å². The molecule has 0 fully saturated rings. The average molecular weight is 308 g/mol. The summed E-state index contributed by atoms with van der Waals surface area (Å²) in [6, 6.07) is 2.47. The Morgan fingerprint density at radius 2 is 1.71 bits per heavy atom. The molecule has 122 valence electrons. The second-order valence-corrected chi connectivity index (χ2v) is 4.86. The Kier molecular flexibility index (Phi) is 8.37. The largest absolute Gasteiger partial charge is 0.493 e. The van der Waals surface area contributed by atoms with E-state index < -0.39 is 17.6 Å². The second kappa shape index (κ2) is 8.90. The summed E-state index contributed by atoms with van der Waals surface area (Å²) < 4.78 is 56.4. The molecule has 0 amide bonds. The Morgan fingerprint density at radius 3 is 2.14 bits per heavy atom. The maximum Gasteiger partial charge on any atom is 0.420 e. The molecule has 0 N–H and O–H groups in total. The molecular weight excluding hydrogens is 284 g/mol. The van der Waals surface area contributed by atoms with Gasteiger partial charge in [-0.15, -0.1) is 0 Å². The predicted molar refractivity (Wildman–Crippen MR) is 76.9 cm³/mol. The highest BCUT2D eigenvalue weighted by molar-refractivity contribution is 5.36. The minimum atomic E-state index is -4.61. The van der Waals surface area contributed by atoms with Gasteiger partial charge in [-0.05, 0) is 36.5 Å². The lowest BCUT2D eigenvalue weighted by Gasteiger charge is -2.21. The van der Waals surface area contributed by atoms with Crippen molar-refractivity contribution >= 4 is 0 Å². The van der Waals surface area contributed by atoms with Crippen LogP contribution in [0.4, 0.5) is 17.6 Å². The molecule has 1 atom stereocenters. The van der Waals surface area contributed by atoms with Crippen LogP contribution in [0.3, 0.4) is 0 Å². The van der Waals surface area contributed by atoms with Gasteiger partial charge in [0.25, 0.3) is 0 Å². The van der Waals surface area contributed by atoms with Crippen molar-refractivity contribution in [1.29, 1.82) is 0 Å². The lowest BCUT2D eigenvalue weighted by Crippen LogP contribution is -2.18. The van der Waals surface area contributed by atoms with Gasteiger partial charge in [0.05, 0.1) is 6.61 Å². The average Bonchev–Trinajstić information content (AvgIpc) is 2.41. The molecule has 5 heteroatoms. The van der Waals surface area contributed by atoms with Crippen LogP contribution in [-0.4, -0.2) is 6.61 Å². The molecule has 21 heavy (non-hydrogen) atoms. The highest BCUT2D eigenvalue weighted by Gasteiger charge is 2.35. The smallest absolute Gasteiger partial charge is 0.420 e. The van der Waals surface area contributed by atoms with Crippen LogP contribution in [0.5, 0.6) is 5.75 Å². The monoisotopic (exact) mass is 308 g/mol. The molecule has 0 aliphatic rings. The normalized spacial score (nSPS) is 12.7. The highest BCUT2D eigenvalue weighted by Crippen LogP contribution is 2.37. The van der Waals surface area contributed by atoms with Gasteiger partial charge in [-0.1, -0.05) is 34.6 Å². The molecule has 0 aromatic heterocycles. The fourth-order valence-corrected chi connectivity index (χ4v) is 1.83. The number of hydrogen-bond acceptors (Lipinski definition) is 1. The van der Waals surface area contributed by atoms with Gasteiger partial charge in [0.15, 0.2) is 0 Å². The number of ether oxygens (including phenoxy) is 1. The summed E-state index contributed by atoms with van der Waals surface area (Å²) in [5, 5.41) is 0. The molecule has 1 unspecified atom stereocenters. The van der Waals surface area contributed by atoms with Gasteiger partial charge in [0.1, 0.15) is 17.1 Å². The summed E-state index contributed by atoms with van der Waals surface area (Å²) in [7, 11) is 0. The second-order valence-electron chi connectivity index (χ2n) is 4.86. The van der Waals surface area contributed by atoms with Crippen LogP contribution in [0.15, 0.2) is 18.2 Å². The Bertz CT molecular complexity index is 413. The fourth-order valence-electron chi connectivity index (χ4n) is 1.83. The molecule has 1 rings (SSSR count). The van der Waals surface area contributed by atoms with Crippen molar-refractivity contribution in [3.05, 3.63) is 29.6 Å². The van der Waals surface area contributed by atoms with Gasteiger partial charge >= 0.3 is 6.18 Å². The van der Waals surface area contributed by atoms with E-state index in [1.165, 1.54) is 0 Å². The minimum Gasteiger partial charge on any atom is -0.493 e. The summed E-state index contributed by atoms with van der Waals surface area (Å²) in [5.74, 6) is -0.741. The number of hydrogen-bond donors (Lipinski definition) is 0. The van der Waals surface area contributed by atoms with Crippen molar-refractivity contribution < 1.29 is 22.3 Å². The highest BCUT2D eigenvalue weighted by atomic mass is 19.4. The van der Waals surface area contributed by atoms with Crippen LogP contribution in [0.1, 0.15) is 46.6 Å². The topological polar surface area (TPSA) is 9.23 Å². The van der Waals surface area contributed by atoms with Crippen LogP contribution in [0.25, 0.3) is 0 Å². The zero-order chi connectivity index (χ0) is 16.6. The number of benzene rings is 1. The van der Waals surface area contributed by atoms with E-state index in [-0.39, 0.29) is 18.3 Å². The third-order valence-corrected chi connectivity index (χ3v) is 3.17.